The maximum atomic E-state index is 12.4. The maximum absolute atomic E-state index is 12.4. The molecule has 0 saturated heterocycles. The summed E-state index contributed by atoms with van der Waals surface area (Å²) in [5.41, 5.74) is 4.27. The van der Waals surface area contributed by atoms with Gasteiger partial charge in [0.1, 0.15) is 5.76 Å². The first kappa shape index (κ1) is 26.5. The highest BCUT2D eigenvalue weighted by atomic mass is 16.7. The van der Waals surface area contributed by atoms with Gasteiger partial charge < -0.3 is 9.47 Å². The van der Waals surface area contributed by atoms with Gasteiger partial charge in [0.05, 0.1) is 6.08 Å². The lowest BCUT2D eigenvalue weighted by molar-refractivity contribution is -0.269. The minimum atomic E-state index is -0.764. The van der Waals surface area contributed by atoms with Gasteiger partial charge in [-0.2, -0.15) is 0 Å². The Morgan fingerprint density at radius 3 is 2.25 bits per heavy atom. The van der Waals surface area contributed by atoms with Gasteiger partial charge in [0.2, 0.25) is 0 Å². The Morgan fingerprint density at radius 1 is 1.00 bits per heavy atom. The molecule has 2 rings (SSSR count). The minimum absolute atomic E-state index is 0.236. The summed E-state index contributed by atoms with van der Waals surface area (Å²) in [4.78, 5) is 12.4. The zero-order valence-corrected chi connectivity index (χ0v) is 21.6. The van der Waals surface area contributed by atoms with E-state index in [1.807, 2.05) is 0 Å². The third kappa shape index (κ3) is 8.30. The summed E-state index contributed by atoms with van der Waals surface area (Å²) in [7, 11) is 0. The Balaban J connectivity index is 1.86. The van der Waals surface area contributed by atoms with Crippen LogP contribution in [-0.2, 0) is 14.3 Å². The quantitative estimate of drug-likeness (QED) is 0.251. The van der Waals surface area contributed by atoms with Crippen LogP contribution < -0.4 is 0 Å². The molecule has 1 saturated carbocycles. The Bertz CT molecular complexity index is 748. The maximum Gasteiger partial charge on any atom is 0.337 e. The molecule has 0 aromatic heterocycles. The van der Waals surface area contributed by atoms with Crippen LogP contribution in [0, 0.1) is 17.8 Å². The third-order valence-corrected chi connectivity index (χ3v) is 6.84. The first-order valence-corrected chi connectivity index (χ1v) is 12.7. The van der Waals surface area contributed by atoms with Crippen LogP contribution in [-0.4, -0.2) is 11.8 Å². The molecular formula is C29H46O3. The van der Waals surface area contributed by atoms with Crippen molar-refractivity contribution in [2.24, 2.45) is 17.8 Å². The highest BCUT2D eigenvalue weighted by molar-refractivity contribution is 5.83. The van der Waals surface area contributed by atoms with Gasteiger partial charge in [-0.15, -0.1) is 0 Å². The van der Waals surface area contributed by atoms with E-state index in [1.54, 1.807) is 6.08 Å². The van der Waals surface area contributed by atoms with Gasteiger partial charge in [-0.3, -0.25) is 0 Å². The topological polar surface area (TPSA) is 35.5 Å². The van der Waals surface area contributed by atoms with E-state index >= 15 is 0 Å². The molecule has 2 aliphatic rings. The average Bonchev–Trinajstić information content (AvgIpc) is 2.66. The lowest BCUT2D eigenvalue weighted by Gasteiger charge is -2.48. The fourth-order valence-electron chi connectivity index (χ4n) is 5.03. The Labute approximate surface area is 197 Å². The predicted molar refractivity (Wildman–Crippen MR) is 134 cm³/mol. The number of carbonyl (C=O) groups excluding carboxylic acids is 1. The summed E-state index contributed by atoms with van der Waals surface area (Å²) in [6, 6.07) is 0. The fourth-order valence-corrected chi connectivity index (χ4v) is 5.03. The van der Waals surface area contributed by atoms with Crippen LogP contribution in [0.5, 0.6) is 0 Å². The average molecular weight is 443 g/mol. The van der Waals surface area contributed by atoms with Crippen molar-refractivity contribution in [3.63, 3.8) is 0 Å². The summed E-state index contributed by atoms with van der Waals surface area (Å²) < 4.78 is 12.3. The highest BCUT2D eigenvalue weighted by Gasteiger charge is 2.51. The molecule has 1 aliphatic carbocycles. The Hall–Kier alpha value is -1.77. The normalized spacial score (nSPS) is 26.6. The van der Waals surface area contributed by atoms with Gasteiger partial charge in [0, 0.05) is 18.8 Å². The smallest absolute Gasteiger partial charge is 0.337 e. The summed E-state index contributed by atoms with van der Waals surface area (Å²) in [6.07, 6.45) is 17.7. The molecule has 3 atom stereocenters. The van der Waals surface area contributed by atoms with Gasteiger partial charge in [-0.1, -0.05) is 55.7 Å². The molecule has 1 fully saturated rings. The number of allylic oxidation sites excluding steroid dienone is 7. The van der Waals surface area contributed by atoms with Crippen LogP contribution in [0.3, 0.4) is 0 Å². The summed E-state index contributed by atoms with van der Waals surface area (Å²) in [5, 5.41) is 0. The van der Waals surface area contributed by atoms with Crippen LogP contribution in [0.1, 0.15) is 106 Å². The van der Waals surface area contributed by atoms with Crippen LogP contribution in [0.25, 0.3) is 0 Å². The fraction of sp³-hybridized carbons (Fsp3) is 0.690. The van der Waals surface area contributed by atoms with Crippen molar-refractivity contribution >= 4 is 5.97 Å². The van der Waals surface area contributed by atoms with E-state index in [1.165, 1.54) is 23.1 Å². The summed E-state index contributed by atoms with van der Waals surface area (Å²) >= 11 is 0. The van der Waals surface area contributed by atoms with E-state index in [2.05, 4.69) is 66.7 Å². The molecule has 1 spiro atoms. The van der Waals surface area contributed by atoms with E-state index in [0.717, 1.165) is 57.1 Å². The van der Waals surface area contributed by atoms with Crippen molar-refractivity contribution in [2.45, 2.75) is 112 Å². The van der Waals surface area contributed by atoms with E-state index in [-0.39, 0.29) is 11.9 Å². The lowest BCUT2D eigenvalue weighted by Crippen LogP contribution is -2.52. The van der Waals surface area contributed by atoms with Crippen molar-refractivity contribution in [3.05, 3.63) is 46.8 Å². The molecule has 0 bridgehead atoms. The van der Waals surface area contributed by atoms with Crippen molar-refractivity contribution in [1.29, 1.82) is 0 Å². The molecule has 0 aromatic carbocycles. The molecule has 3 heteroatoms. The van der Waals surface area contributed by atoms with E-state index in [0.29, 0.717) is 11.8 Å². The molecule has 0 amide bonds. The van der Waals surface area contributed by atoms with Gasteiger partial charge in [-0.25, -0.2) is 4.79 Å². The number of carbonyl (C=O) groups is 1. The molecular weight excluding hydrogens is 396 g/mol. The molecule has 180 valence electrons. The molecule has 1 aliphatic heterocycles. The van der Waals surface area contributed by atoms with E-state index in [4.69, 9.17) is 9.47 Å². The van der Waals surface area contributed by atoms with Crippen LogP contribution in [0.15, 0.2) is 46.8 Å². The standard InChI is InChI=1S/C29H46O3/c1-21(2)11-8-12-23(5)13-9-14-24(6)15-10-16-26-19-28(30)32-29(31-26)20-25(7)17-18-27(29)22(3)4/h11,13,15,19,22,25,27H,8-10,12,14,16-18,20H2,1-7H3/b23-13+,24-15+/t25-,27+,29-/m1/s1. The molecule has 1 heterocycles. The zero-order chi connectivity index (χ0) is 23.7. The van der Waals surface area contributed by atoms with E-state index < -0.39 is 5.79 Å². The van der Waals surface area contributed by atoms with Gasteiger partial charge in [0.25, 0.3) is 5.79 Å². The Kier molecular flexibility index (Phi) is 10.3. The Morgan fingerprint density at radius 2 is 1.62 bits per heavy atom. The monoisotopic (exact) mass is 442 g/mol. The lowest BCUT2D eigenvalue weighted by atomic mass is 9.72. The van der Waals surface area contributed by atoms with Crippen LogP contribution in [0.2, 0.25) is 0 Å². The predicted octanol–water partition coefficient (Wildman–Crippen LogP) is 8.43. The van der Waals surface area contributed by atoms with Crippen molar-refractivity contribution in [1.82, 2.24) is 0 Å². The van der Waals surface area contributed by atoms with Crippen molar-refractivity contribution in [3.8, 4) is 0 Å². The van der Waals surface area contributed by atoms with Crippen molar-refractivity contribution < 1.29 is 14.3 Å². The second-order valence-corrected chi connectivity index (χ2v) is 10.7. The first-order chi connectivity index (χ1) is 15.1. The second kappa shape index (κ2) is 12.5. The number of hydrogen-bond donors (Lipinski definition) is 0. The van der Waals surface area contributed by atoms with Gasteiger partial charge in [0.15, 0.2) is 0 Å². The second-order valence-electron chi connectivity index (χ2n) is 10.7. The molecule has 3 nitrogen and oxygen atoms in total. The van der Waals surface area contributed by atoms with Gasteiger partial charge in [-0.05, 0) is 84.5 Å². The summed E-state index contributed by atoms with van der Waals surface area (Å²) in [6.45, 7) is 15.4. The molecule has 32 heavy (non-hydrogen) atoms. The highest BCUT2D eigenvalue weighted by Crippen LogP contribution is 2.47. The zero-order valence-electron chi connectivity index (χ0n) is 21.6. The molecule has 0 radical (unpaired) electrons. The van der Waals surface area contributed by atoms with Crippen LogP contribution >= 0.6 is 0 Å². The number of rotatable bonds is 10. The van der Waals surface area contributed by atoms with Crippen molar-refractivity contribution in [2.75, 3.05) is 0 Å². The molecule has 0 unspecified atom stereocenters. The third-order valence-electron chi connectivity index (χ3n) is 6.84. The summed E-state index contributed by atoms with van der Waals surface area (Å²) in [5.74, 6) is 0.989. The molecule has 0 aromatic rings. The molecule has 0 N–H and O–H groups in total. The number of ether oxygens (including phenoxy) is 2. The van der Waals surface area contributed by atoms with E-state index in [9.17, 15) is 4.79 Å². The van der Waals surface area contributed by atoms with Gasteiger partial charge >= 0.3 is 5.97 Å². The first-order valence-electron chi connectivity index (χ1n) is 12.7. The largest absolute Gasteiger partial charge is 0.456 e. The number of hydrogen-bond acceptors (Lipinski definition) is 3. The van der Waals surface area contributed by atoms with Crippen LogP contribution in [0.4, 0.5) is 0 Å². The number of esters is 1. The SMILES string of the molecule is CC(C)=CCC/C(C)=C/CC/C(C)=C/CCC1=CC(=O)O[C@@]2(C[C@H](C)CC[C@H]2C(C)C)O1. The minimum Gasteiger partial charge on any atom is -0.456 e.